The minimum atomic E-state index is -0.0379. The van der Waals surface area contributed by atoms with Crippen LogP contribution in [0.25, 0.3) is 0 Å². The summed E-state index contributed by atoms with van der Waals surface area (Å²) in [5.74, 6) is 0.428. The number of ketones is 1. The van der Waals surface area contributed by atoms with Gasteiger partial charge in [-0.05, 0) is 50.3 Å². The summed E-state index contributed by atoms with van der Waals surface area (Å²) >= 11 is 0. The van der Waals surface area contributed by atoms with E-state index in [-0.39, 0.29) is 11.7 Å². The SMILES string of the molecule is CC(=O)c1[nH]c(C)c(C(=O)N2CCC(Cc3ccccn3)C2)c1C. The summed E-state index contributed by atoms with van der Waals surface area (Å²) in [5.41, 5.74) is 3.80. The highest BCUT2D eigenvalue weighted by Crippen LogP contribution is 2.25. The van der Waals surface area contributed by atoms with Gasteiger partial charge in [0.2, 0.25) is 0 Å². The van der Waals surface area contributed by atoms with Gasteiger partial charge in [-0.3, -0.25) is 14.6 Å². The fourth-order valence-corrected chi connectivity index (χ4v) is 3.58. The maximum absolute atomic E-state index is 12.9. The number of hydrogen-bond donors (Lipinski definition) is 1. The number of hydrogen-bond acceptors (Lipinski definition) is 3. The first kappa shape index (κ1) is 16.4. The number of rotatable bonds is 4. The average molecular weight is 325 g/mol. The van der Waals surface area contributed by atoms with Crippen molar-refractivity contribution in [3.8, 4) is 0 Å². The molecule has 2 aromatic heterocycles. The van der Waals surface area contributed by atoms with Crippen LogP contribution in [-0.4, -0.2) is 39.6 Å². The van der Waals surface area contributed by atoms with E-state index in [0.717, 1.165) is 42.9 Å². The standard InChI is InChI=1S/C19H23N3O2/c1-12-17(13(2)21-18(12)14(3)23)19(24)22-9-7-15(11-22)10-16-6-4-5-8-20-16/h4-6,8,15,21H,7,9-11H2,1-3H3. The van der Waals surface area contributed by atoms with E-state index in [0.29, 0.717) is 17.2 Å². The number of aromatic nitrogens is 2. The van der Waals surface area contributed by atoms with E-state index < -0.39 is 0 Å². The lowest BCUT2D eigenvalue weighted by atomic mass is 10.0. The maximum atomic E-state index is 12.9. The van der Waals surface area contributed by atoms with Crippen molar-refractivity contribution in [3.63, 3.8) is 0 Å². The first-order valence-corrected chi connectivity index (χ1v) is 8.36. The number of aryl methyl sites for hydroxylation is 1. The van der Waals surface area contributed by atoms with Crippen LogP contribution in [0, 0.1) is 19.8 Å². The largest absolute Gasteiger partial charge is 0.355 e. The van der Waals surface area contributed by atoms with E-state index in [4.69, 9.17) is 0 Å². The lowest BCUT2D eigenvalue weighted by Crippen LogP contribution is -2.29. The van der Waals surface area contributed by atoms with E-state index in [1.807, 2.05) is 43.1 Å². The quantitative estimate of drug-likeness (QED) is 0.879. The number of pyridine rings is 1. The van der Waals surface area contributed by atoms with Gasteiger partial charge < -0.3 is 9.88 Å². The van der Waals surface area contributed by atoms with Crippen LogP contribution in [0.5, 0.6) is 0 Å². The molecule has 2 aromatic rings. The molecule has 0 saturated carbocycles. The second kappa shape index (κ2) is 6.59. The number of nitrogens with one attached hydrogen (secondary N) is 1. The smallest absolute Gasteiger partial charge is 0.255 e. The molecule has 0 bridgehead atoms. The number of aromatic amines is 1. The third kappa shape index (κ3) is 3.11. The summed E-state index contributed by atoms with van der Waals surface area (Å²) in [6, 6.07) is 5.94. The second-order valence-electron chi connectivity index (χ2n) is 6.61. The molecule has 0 aliphatic carbocycles. The normalized spacial score (nSPS) is 17.3. The Bertz CT molecular complexity index is 764. The molecule has 1 unspecified atom stereocenters. The predicted octanol–water partition coefficient (Wildman–Crippen LogP) is 2.93. The summed E-state index contributed by atoms with van der Waals surface area (Å²) in [4.78, 5) is 33.9. The summed E-state index contributed by atoms with van der Waals surface area (Å²) in [6.07, 6.45) is 3.70. The number of nitrogens with zero attached hydrogens (tertiary/aromatic N) is 2. The number of amides is 1. The molecule has 1 amide bonds. The molecule has 1 fully saturated rings. The van der Waals surface area contributed by atoms with E-state index in [2.05, 4.69) is 9.97 Å². The van der Waals surface area contributed by atoms with Crippen molar-refractivity contribution in [1.29, 1.82) is 0 Å². The zero-order valence-electron chi connectivity index (χ0n) is 14.4. The van der Waals surface area contributed by atoms with Gasteiger partial charge in [-0.1, -0.05) is 6.07 Å². The van der Waals surface area contributed by atoms with Gasteiger partial charge in [0.1, 0.15) is 0 Å². The highest BCUT2D eigenvalue weighted by atomic mass is 16.2. The Morgan fingerprint density at radius 1 is 1.33 bits per heavy atom. The van der Waals surface area contributed by atoms with Gasteiger partial charge >= 0.3 is 0 Å². The molecule has 3 heterocycles. The Labute approximate surface area is 142 Å². The first-order valence-electron chi connectivity index (χ1n) is 8.36. The number of H-pyrrole nitrogens is 1. The molecule has 0 radical (unpaired) electrons. The Morgan fingerprint density at radius 3 is 2.75 bits per heavy atom. The Balaban J connectivity index is 1.72. The van der Waals surface area contributed by atoms with Gasteiger partial charge in [0, 0.05) is 37.6 Å². The lowest BCUT2D eigenvalue weighted by Gasteiger charge is -2.17. The van der Waals surface area contributed by atoms with Crippen molar-refractivity contribution >= 4 is 11.7 Å². The monoisotopic (exact) mass is 325 g/mol. The molecule has 1 atom stereocenters. The molecule has 0 spiro atoms. The van der Waals surface area contributed by atoms with Crippen LogP contribution in [0.3, 0.4) is 0 Å². The fraction of sp³-hybridized carbons (Fsp3) is 0.421. The van der Waals surface area contributed by atoms with Gasteiger partial charge in [0.15, 0.2) is 5.78 Å². The molecule has 1 aliphatic heterocycles. The van der Waals surface area contributed by atoms with Crippen molar-refractivity contribution in [3.05, 3.63) is 52.6 Å². The lowest BCUT2D eigenvalue weighted by molar-refractivity contribution is 0.0786. The molecule has 1 aliphatic rings. The highest BCUT2D eigenvalue weighted by molar-refractivity contribution is 6.02. The molecule has 5 heteroatoms. The second-order valence-corrected chi connectivity index (χ2v) is 6.61. The van der Waals surface area contributed by atoms with Crippen LogP contribution in [-0.2, 0) is 6.42 Å². The molecule has 0 aromatic carbocycles. The van der Waals surface area contributed by atoms with Crippen LogP contribution in [0.4, 0.5) is 0 Å². The summed E-state index contributed by atoms with van der Waals surface area (Å²) in [6.45, 7) is 6.72. The number of likely N-dealkylation sites (tertiary alicyclic amines) is 1. The van der Waals surface area contributed by atoms with Gasteiger partial charge in [0.05, 0.1) is 11.3 Å². The van der Waals surface area contributed by atoms with Gasteiger partial charge in [-0.2, -0.15) is 0 Å². The minimum Gasteiger partial charge on any atom is -0.355 e. The third-order valence-corrected chi connectivity index (χ3v) is 4.80. The summed E-state index contributed by atoms with van der Waals surface area (Å²) in [5, 5.41) is 0. The maximum Gasteiger partial charge on any atom is 0.255 e. The molecule has 3 rings (SSSR count). The topological polar surface area (TPSA) is 66.1 Å². The minimum absolute atomic E-state index is 0.0253. The zero-order chi connectivity index (χ0) is 17.3. The molecular formula is C19H23N3O2. The van der Waals surface area contributed by atoms with Crippen molar-refractivity contribution in [2.24, 2.45) is 5.92 Å². The molecular weight excluding hydrogens is 302 g/mol. The van der Waals surface area contributed by atoms with Crippen LogP contribution in [0.2, 0.25) is 0 Å². The van der Waals surface area contributed by atoms with Crippen LogP contribution >= 0.6 is 0 Å². The summed E-state index contributed by atoms with van der Waals surface area (Å²) in [7, 11) is 0. The van der Waals surface area contributed by atoms with Crippen LogP contribution in [0.15, 0.2) is 24.4 Å². The molecule has 126 valence electrons. The van der Waals surface area contributed by atoms with Gasteiger partial charge in [-0.25, -0.2) is 0 Å². The number of carbonyl (C=O) groups excluding carboxylic acids is 2. The van der Waals surface area contributed by atoms with Crippen LogP contribution in [0.1, 0.15) is 51.1 Å². The Kier molecular flexibility index (Phi) is 4.51. The Morgan fingerprint density at radius 2 is 2.12 bits per heavy atom. The van der Waals surface area contributed by atoms with Crippen molar-refractivity contribution in [2.45, 2.75) is 33.6 Å². The van der Waals surface area contributed by atoms with Crippen molar-refractivity contribution < 1.29 is 9.59 Å². The predicted molar refractivity (Wildman–Crippen MR) is 92.2 cm³/mol. The van der Waals surface area contributed by atoms with Crippen LogP contribution < -0.4 is 0 Å². The fourth-order valence-electron chi connectivity index (χ4n) is 3.58. The highest BCUT2D eigenvalue weighted by Gasteiger charge is 2.30. The molecule has 24 heavy (non-hydrogen) atoms. The third-order valence-electron chi connectivity index (χ3n) is 4.80. The number of Topliss-reactive ketones (excluding diaryl/α,β-unsaturated/α-hetero) is 1. The molecule has 1 N–H and O–H groups in total. The van der Waals surface area contributed by atoms with E-state index >= 15 is 0 Å². The number of carbonyl (C=O) groups is 2. The van der Waals surface area contributed by atoms with Gasteiger partial charge in [0.25, 0.3) is 5.91 Å². The van der Waals surface area contributed by atoms with E-state index in [1.54, 1.807) is 0 Å². The molecule has 1 saturated heterocycles. The molecule has 5 nitrogen and oxygen atoms in total. The average Bonchev–Trinajstić information content (AvgIpc) is 3.12. The van der Waals surface area contributed by atoms with Gasteiger partial charge in [-0.15, -0.1) is 0 Å². The van der Waals surface area contributed by atoms with E-state index in [9.17, 15) is 9.59 Å². The van der Waals surface area contributed by atoms with Crippen molar-refractivity contribution in [2.75, 3.05) is 13.1 Å². The Hall–Kier alpha value is -2.43. The van der Waals surface area contributed by atoms with E-state index in [1.165, 1.54) is 6.92 Å². The first-order chi connectivity index (χ1) is 11.5. The van der Waals surface area contributed by atoms with Crippen molar-refractivity contribution in [1.82, 2.24) is 14.9 Å². The summed E-state index contributed by atoms with van der Waals surface area (Å²) < 4.78 is 0. The zero-order valence-corrected chi connectivity index (χ0v) is 14.4.